The molecule has 1 heterocycles. The van der Waals surface area contributed by atoms with Crippen LogP contribution in [0.4, 0.5) is 24.8 Å². The molecule has 0 aliphatic heterocycles. The van der Waals surface area contributed by atoms with E-state index in [-0.39, 0.29) is 18.2 Å². The van der Waals surface area contributed by atoms with Gasteiger partial charge >= 0.3 is 6.18 Å². The Morgan fingerprint density at radius 2 is 1.68 bits per heavy atom. The summed E-state index contributed by atoms with van der Waals surface area (Å²) >= 11 is 0. The standard InChI is InChI=1S/C11H12F3N5/c12-11(13,14)6-1-3-7(4-2-6)19-10(17)8(5-15)9(16)18-19/h1-4H,5,15,17H2,(H2,16,18). The average Bonchev–Trinajstić information content (AvgIpc) is 2.63. The van der Waals surface area contributed by atoms with Crippen LogP contribution in [0.15, 0.2) is 24.3 Å². The van der Waals surface area contributed by atoms with Gasteiger partial charge in [-0.05, 0) is 24.3 Å². The number of nitrogens with zero attached hydrogens (tertiary/aromatic N) is 2. The third-order valence-corrected chi connectivity index (χ3v) is 2.70. The Hall–Kier alpha value is -2.22. The van der Waals surface area contributed by atoms with Crippen molar-refractivity contribution in [2.45, 2.75) is 12.7 Å². The van der Waals surface area contributed by atoms with Crippen molar-refractivity contribution in [2.75, 3.05) is 11.5 Å². The summed E-state index contributed by atoms with van der Waals surface area (Å²) < 4.78 is 38.6. The fourth-order valence-electron chi connectivity index (χ4n) is 1.68. The van der Waals surface area contributed by atoms with Crippen LogP contribution in [0.5, 0.6) is 0 Å². The van der Waals surface area contributed by atoms with Gasteiger partial charge in [-0.25, -0.2) is 4.68 Å². The molecule has 0 fully saturated rings. The van der Waals surface area contributed by atoms with Crippen molar-refractivity contribution in [2.24, 2.45) is 5.73 Å². The highest BCUT2D eigenvalue weighted by Crippen LogP contribution is 2.30. The van der Waals surface area contributed by atoms with E-state index in [1.807, 2.05) is 0 Å². The molecule has 0 saturated carbocycles. The lowest BCUT2D eigenvalue weighted by atomic mass is 10.2. The number of alkyl halides is 3. The lowest BCUT2D eigenvalue weighted by Crippen LogP contribution is -2.07. The van der Waals surface area contributed by atoms with E-state index in [2.05, 4.69) is 5.10 Å². The minimum Gasteiger partial charge on any atom is -0.383 e. The molecule has 102 valence electrons. The molecule has 8 heteroatoms. The highest BCUT2D eigenvalue weighted by Gasteiger charge is 2.30. The zero-order chi connectivity index (χ0) is 14.2. The molecule has 1 aromatic heterocycles. The molecular formula is C11H12F3N5. The smallest absolute Gasteiger partial charge is 0.383 e. The minimum absolute atomic E-state index is 0.109. The van der Waals surface area contributed by atoms with Gasteiger partial charge < -0.3 is 17.2 Å². The number of hydrogen-bond acceptors (Lipinski definition) is 4. The maximum absolute atomic E-state index is 12.4. The second-order valence-electron chi connectivity index (χ2n) is 3.91. The maximum atomic E-state index is 12.4. The molecule has 0 aliphatic rings. The van der Waals surface area contributed by atoms with E-state index >= 15 is 0 Å². The summed E-state index contributed by atoms with van der Waals surface area (Å²) in [6.45, 7) is 0.109. The highest BCUT2D eigenvalue weighted by molar-refractivity contribution is 5.58. The van der Waals surface area contributed by atoms with Gasteiger partial charge in [-0.3, -0.25) is 0 Å². The number of nitrogen functional groups attached to an aromatic ring is 2. The van der Waals surface area contributed by atoms with Crippen molar-refractivity contribution in [3.05, 3.63) is 35.4 Å². The van der Waals surface area contributed by atoms with Gasteiger partial charge in [-0.2, -0.15) is 13.2 Å². The predicted octanol–water partition coefficient (Wildman–Crippen LogP) is 1.51. The topological polar surface area (TPSA) is 95.9 Å². The Labute approximate surface area is 106 Å². The van der Waals surface area contributed by atoms with Gasteiger partial charge in [0.1, 0.15) is 5.82 Å². The lowest BCUT2D eigenvalue weighted by Gasteiger charge is -2.08. The summed E-state index contributed by atoms with van der Waals surface area (Å²) in [6, 6.07) is 4.45. The monoisotopic (exact) mass is 271 g/mol. The van der Waals surface area contributed by atoms with Crippen molar-refractivity contribution < 1.29 is 13.2 Å². The van der Waals surface area contributed by atoms with E-state index in [0.717, 1.165) is 12.1 Å². The molecule has 6 N–H and O–H groups in total. The highest BCUT2D eigenvalue weighted by atomic mass is 19.4. The largest absolute Gasteiger partial charge is 0.416 e. The van der Waals surface area contributed by atoms with Crippen molar-refractivity contribution >= 4 is 11.6 Å². The second-order valence-corrected chi connectivity index (χ2v) is 3.91. The number of hydrogen-bond donors (Lipinski definition) is 3. The van der Waals surface area contributed by atoms with Gasteiger partial charge in [-0.15, -0.1) is 5.10 Å². The lowest BCUT2D eigenvalue weighted by molar-refractivity contribution is -0.137. The molecule has 0 atom stereocenters. The SMILES string of the molecule is NCc1c(N)nn(-c2ccc(C(F)(F)F)cc2)c1N. The average molecular weight is 271 g/mol. The van der Waals surface area contributed by atoms with E-state index in [1.54, 1.807) is 0 Å². The summed E-state index contributed by atoms with van der Waals surface area (Å²) in [5.41, 5.74) is 17.0. The molecule has 0 saturated heterocycles. The van der Waals surface area contributed by atoms with Crippen molar-refractivity contribution in [1.29, 1.82) is 0 Å². The summed E-state index contributed by atoms with van der Waals surface area (Å²) in [5, 5.41) is 3.95. The number of aromatic nitrogens is 2. The van der Waals surface area contributed by atoms with Crippen LogP contribution >= 0.6 is 0 Å². The predicted molar refractivity (Wildman–Crippen MR) is 65.3 cm³/mol. The van der Waals surface area contributed by atoms with E-state index in [4.69, 9.17) is 17.2 Å². The first-order chi connectivity index (χ1) is 8.84. The van der Waals surface area contributed by atoms with Crippen LogP contribution in [0, 0.1) is 0 Å². The second kappa shape index (κ2) is 4.47. The molecule has 0 unspecified atom stereocenters. The summed E-state index contributed by atoms with van der Waals surface area (Å²) in [6.07, 6.45) is -4.38. The molecule has 2 aromatic rings. The number of anilines is 2. The summed E-state index contributed by atoms with van der Waals surface area (Å²) in [7, 11) is 0. The van der Waals surface area contributed by atoms with Crippen LogP contribution in [-0.2, 0) is 12.7 Å². The molecule has 0 amide bonds. The molecule has 0 bridgehead atoms. The van der Waals surface area contributed by atoms with E-state index in [0.29, 0.717) is 11.3 Å². The van der Waals surface area contributed by atoms with Gasteiger partial charge in [0.2, 0.25) is 0 Å². The third kappa shape index (κ3) is 2.34. The number of halogens is 3. The molecule has 2 rings (SSSR count). The van der Waals surface area contributed by atoms with Gasteiger partial charge in [0, 0.05) is 6.54 Å². The molecule has 5 nitrogen and oxygen atoms in total. The van der Waals surface area contributed by atoms with Crippen LogP contribution < -0.4 is 17.2 Å². The Balaban J connectivity index is 2.43. The Kier molecular flexibility index (Phi) is 3.11. The van der Waals surface area contributed by atoms with Gasteiger partial charge in [-0.1, -0.05) is 0 Å². The molecule has 0 aliphatic carbocycles. The van der Waals surface area contributed by atoms with E-state index in [9.17, 15) is 13.2 Å². The Morgan fingerprint density at radius 3 is 2.11 bits per heavy atom. The zero-order valence-corrected chi connectivity index (χ0v) is 9.78. The zero-order valence-electron chi connectivity index (χ0n) is 9.78. The maximum Gasteiger partial charge on any atom is 0.416 e. The van der Waals surface area contributed by atoms with E-state index in [1.165, 1.54) is 16.8 Å². The first-order valence-electron chi connectivity index (χ1n) is 5.35. The van der Waals surface area contributed by atoms with Crippen LogP contribution in [0.25, 0.3) is 5.69 Å². The van der Waals surface area contributed by atoms with Crippen LogP contribution in [0.1, 0.15) is 11.1 Å². The van der Waals surface area contributed by atoms with Gasteiger partial charge in [0.05, 0.1) is 16.8 Å². The summed E-state index contributed by atoms with van der Waals surface area (Å²) in [5.74, 6) is 0.389. The Morgan fingerprint density at radius 1 is 1.11 bits per heavy atom. The number of rotatable bonds is 2. The van der Waals surface area contributed by atoms with Gasteiger partial charge in [0.15, 0.2) is 5.82 Å². The molecule has 1 aromatic carbocycles. The number of benzene rings is 1. The normalized spacial score (nSPS) is 11.8. The van der Waals surface area contributed by atoms with Crippen LogP contribution in [-0.4, -0.2) is 9.78 Å². The van der Waals surface area contributed by atoms with Gasteiger partial charge in [0.25, 0.3) is 0 Å². The van der Waals surface area contributed by atoms with Crippen molar-refractivity contribution in [3.8, 4) is 5.69 Å². The fraction of sp³-hybridized carbons (Fsp3) is 0.182. The minimum atomic E-state index is -4.38. The van der Waals surface area contributed by atoms with Crippen molar-refractivity contribution in [3.63, 3.8) is 0 Å². The molecular weight excluding hydrogens is 259 g/mol. The molecule has 19 heavy (non-hydrogen) atoms. The van der Waals surface area contributed by atoms with Crippen LogP contribution in [0.2, 0.25) is 0 Å². The fourth-order valence-corrected chi connectivity index (χ4v) is 1.68. The van der Waals surface area contributed by atoms with E-state index < -0.39 is 11.7 Å². The number of nitrogens with two attached hydrogens (primary N) is 3. The molecule has 0 spiro atoms. The Bertz CT molecular complexity index is 586. The third-order valence-electron chi connectivity index (χ3n) is 2.70. The van der Waals surface area contributed by atoms with Crippen molar-refractivity contribution in [1.82, 2.24) is 9.78 Å². The molecule has 0 radical (unpaired) electrons. The quantitative estimate of drug-likeness (QED) is 0.771. The first-order valence-corrected chi connectivity index (χ1v) is 5.35. The first kappa shape index (κ1) is 13.2. The van der Waals surface area contributed by atoms with Crippen LogP contribution in [0.3, 0.4) is 0 Å². The summed E-state index contributed by atoms with van der Waals surface area (Å²) in [4.78, 5) is 0.